The number of nitrogens with zero attached hydrogens (tertiary/aromatic N) is 2. The number of hydrogen-bond donors (Lipinski definition) is 1. The van der Waals surface area contributed by atoms with E-state index >= 15 is 0 Å². The summed E-state index contributed by atoms with van der Waals surface area (Å²) in [4.78, 5) is 28.2. The van der Waals surface area contributed by atoms with Crippen molar-refractivity contribution in [3.63, 3.8) is 0 Å². The summed E-state index contributed by atoms with van der Waals surface area (Å²) in [5.74, 6) is -0.642. The number of aryl methyl sites for hydroxylation is 1. The van der Waals surface area contributed by atoms with Crippen LogP contribution in [0.4, 0.5) is 4.39 Å². The molecule has 0 spiro atoms. The van der Waals surface area contributed by atoms with Crippen molar-refractivity contribution in [1.82, 2.24) is 14.8 Å². The van der Waals surface area contributed by atoms with Gasteiger partial charge in [0.1, 0.15) is 11.4 Å². The van der Waals surface area contributed by atoms with E-state index < -0.39 is 0 Å². The first-order valence-corrected chi connectivity index (χ1v) is 11.1. The number of nitrogens with one attached hydrogen (secondary N) is 1. The molecule has 1 N–H and O–H groups in total. The molecule has 2 fully saturated rings. The van der Waals surface area contributed by atoms with E-state index in [9.17, 15) is 14.0 Å². The fourth-order valence-corrected chi connectivity index (χ4v) is 4.17. The number of morpholine rings is 1. The third-order valence-corrected chi connectivity index (χ3v) is 5.99. The smallest absolute Gasteiger partial charge is 0.257 e. The van der Waals surface area contributed by atoms with Crippen LogP contribution >= 0.6 is 0 Å². The average Bonchev–Trinajstić information content (AvgIpc) is 3.55. The largest absolute Gasteiger partial charge is 0.379 e. The van der Waals surface area contributed by atoms with E-state index in [1.54, 1.807) is 12.1 Å². The Labute approximate surface area is 182 Å². The first kappa shape index (κ1) is 21.7. The first-order chi connectivity index (χ1) is 15.0. The van der Waals surface area contributed by atoms with Crippen molar-refractivity contribution >= 4 is 5.91 Å². The molecule has 2 aliphatic rings. The predicted octanol–water partition coefficient (Wildman–Crippen LogP) is 2.50. The molecule has 1 amide bonds. The first-order valence-electron chi connectivity index (χ1n) is 11.1. The van der Waals surface area contributed by atoms with Crippen molar-refractivity contribution in [3.8, 4) is 0 Å². The van der Waals surface area contributed by atoms with Gasteiger partial charge in [0.05, 0.1) is 13.2 Å². The van der Waals surface area contributed by atoms with E-state index in [0.29, 0.717) is 18.7 Å². The molecule has 1 aromatic heterocycles. The van der Waals surface area contributed by atoms with E-state index in [2.05, 4.69) is 14.8 Å². The Hall–Kier alpha value is -2.51. The molecule has 0 unspecified atom stereocenters. The minimum atomic E-state index is -0.324. The molecule has 1 saturated heterocycles. The van der Waals surface area contributed by atoms with E-state index in [1.165, 1.54) is 12.1 Å². The highest BCUT2D eigenvalue weighted by Gasteiger charge is 2.27. The van der Waals surface area contributed by atoms with Crippen LogP contribution in [0, 0.1) is 12.7 Å². The Morgan fingerprint density at radius 2 is 1.97 bits per heavy atom. The minimum absolute atomic E-state index is 0.157. The standard InChI is InChI=1S/C24H30FN3O3/c1-17-14-22(29)23(24(30)26-20-6-7-20)21(16-18-4-2-5-19(25)15-18)28(17)9-3-8-27-10-12-31-13-11-27/h2,4-5,14-15,20H,3,6-13,16H2,1H3,(H,26,30). The molecule has 1 aliphatic carbocycles. The van der Waals surface area contributed by atoms with Crippen molar-refractivity contribution in [2.45, 2.75) is 45.2 Å². The quantitative estimate of drug-likeness (QED) is 0.703. The van der Waals surface area contributed by atoms with Gasteiger partial charge in [-0.15, -0.1) is 0 Å². The van der Waals surface area contributed by atoms with Gasteiger partial charge in [0.2, 0.25) is 0 Å². The number of rotatable bonds is 8. The fourth-order valence-electron chi connectivity index (χ4n) is 4.17. The molecule has 1 saturated carbocycles. The summed E-state index contributed by atoms with van der Waals surface area (Å²) in [5.41, 5.74) is 2.14. The number of ether oxygens (including phenoxy) is 1. The molecule has 166 valence electrons. The Bertz CT molecular complexity index is 994. The Morgan fingerprint density at radius 3 is 2.68 bits per heavy atom. The Balaban J connectivity index is 1.63. The van der Waals surface area contributed by atoms with Gasteiger partial charge < -0.3 is 14.6 Å². The van der Waals surface area contributed by atoms with Crippen molar-refractivity contribution in [1.29, 1.82) is 0 Å². The second kappa shape index (κ2) is 9.75. The Morgan fingerprint density at radius 1 is 1.19 bits per heavy atom. The lowest BCUT2D eigenvalue weighted by molar-refractivity contribution is 0.0369. The summed E-state index contributed by atoms with van der Waals surface area (Å²) in [5, 5.41) is 2.95. The molecule has 4 rings (SSSR count). The van der Waals surface area contributed by atoms with Crippen LogP contribution in [0.2, 0.25) is 0 Å². The van der Waals surface area contributed by atoms with Crippen LogP contribution in [0.3, 0.4) is 0 Å². The molecule has 31 heavy (non-hydrogen) atoms. The molecule has 0 atom stereocenters. The maximum atomic E-state index is 13.8. The third kappa shape index (κ3) is 5.60. The highest BCUT2D eigenvalue weighted by molar-refractivity contribution is 5.95. The number of amides is 1. The van der Waals surface area contributed by atoms with E-state index in [0.717, 1.165) is 63.4 Å². The highest BCUT2D eigenvalue weighted by Crippen LogP contribution is 2.21. The van der Waals surface area contributed by atoms with Gasteiger partial charge in [-0.2, -0.15) is 0 Å². The van der Waals surface area contributed by atoms with Crippen LogP contribution in [-0.4, -0.2) is 54.3 Å². The zero-order valence-corrected chi connectivity index (χ0v) is 18.0. The fraction of sp³-hybridized carbons (Fsp3) is 0.500. The molecule has 7 heteroatoms. The van der Waals surface area contributed by atoms with Gasteiger partial charge in [-0.05, 0) is 43.9 Å². The summed E-state index contributed by atoms with van der Waals surface area (Å²) >= 11 is 0. The van der Waals surface area contributed by atoms with Crippen molar-refractivity contribution in [2.75, 3.05) is 32.8 Å². The number of halogens is 1. The molecule has 2 heterocycles. The second-order valence-electron chi connectivity index (χ2n) is 8.49. The van der Waals surface area contributed by atoms with Crippen LogP contribution in [0.1, 0.15) is 46.6 Å². The van der Waals surface area contributed by atoms with Gasteiger partial charge in [0, 0.05) is 56.1 Å². The Kier molecular flexibility index (Phi) is 6.83. The van der Waals surface area contributed by atoms with Gasteiger partial charge in [0.15, 0.2) is 5.43 Å². The summed E-state index contributed by atoms with van der Waals surface area (Å²) in [6, 6.07) is 8.06. The topological polar surface area (TPSA) is 63.6 Å². The lowest BCUT2D eigenvalue weighted by Gasteiger charge is -2.27. The van der Waals surface area contributed by atoms with Crippen LogP contribution in [0.5, 0.6) is 0 Å². The molecular weight excluding hydrogens is 397 g/mol. The van der Waals surface area contributed by atoms with Gasteiger partial charge in [-0.3, -0.25) is 14.5 Å². The summed E-state index contributed by atoms with van der Waals surface area (Å²) in [7, 11) is 0. The third-order valence-electron chi connectivity index (χ3n) is 5.99. The van der Waals surface area contributed by atoms with Crippen LogP contribution < -0.4 is 10.7 Å². The van der Waals surface area contributed by atoms with Gasteiger partial charge >= 0.3 is 0 Å². The van der Waals surface area contributed by atoms with Crippen molar-refractivity contribution in [2.24, 2.45) is 0 Å². The number of pyridine rings is 1. The SMILES string of the molecule is Cc1cc(=O)c(C(=O)NC2CC2)c(Cc2cccc(F)c2)n1CCCN1CCOCC1. The van der Waals surface area contributed by atoms with E-state index in [4.69, 9.17) is 4.74 Å². The molecule has 0 bridgehead atoms. The van der Waals surface area contributed by atoms with Gasteiger partial charge in [-0.25, -0.2) is 4.39 Å². The number of hydrogen-bond acceptors (Lipinski definition) is 4. The van der Waals surface area contributed by atoms with Gasteiger partial charge in [0.25, 0.3) is 5.91 Å². The van der Waals surface area contributed by atoms with Crippen LogP contribution in [0.25, 0.3) is 0 Å². The predicted molar refractivity (Wildman–Crippen MR) is 117 cm³/mol. The zero-order valence-electron chi connectivity index (χ0n) is 18.0. The van der Waals surface area contributed by atoms with Gasteiger partial charge in [-0.1, -0.05) is 12.1 Å². The normalized spacial score (nSPS) is 17.0. The number of aromatic nitrogens is 1. The van der Waals surface area contributed by atoms with E-state index in [-0.39, 0.29) is 28.8 Å². The maximum absolute atomic E-state index is 13.8. The van der Waals surface area contributed by atoms with Crippen LogP contribution in [-0.2, 0) is 17.7 Å². The molecule has 1 aromatic carbocycles. The minimum Gasteiger partial charge on any atom is -0.379 e. The zero-order chi connectivity index (χ0) is 21.8. The molecule has 2 aromatic rings. The van der Waals surface area contributed by atoms with Crippen LogP contribution in [0.15, 0.2) is 35.1 Å². The summed E-state index contributed by atoms with van der Waals surface area (Å²) < 4.78 is 21.3. The number of benzene rings is 1. The number of carbonyl (C=O) groups excluding carboxylic acids is 1. The average molecular weight is 428 g/mol. The lowest BCUT2D eigenvalue weighted by atomic mass is 10.0. The molecular formula is C24H30FN3O3. The summed E-state index contributed by atoms with van der Waals surface area (Å²) in [6.45, 7) is 6.88. The maximum Gasteiger partial charge on any atom is 0.257 e. The number of carbonyl (C=O) groups is 1. The summed E-state index contributed by atoms with van der Waals surface area (Å²) in [6.07, 6.45) is 3.12. The van der Waals surface area contributed by atoms with E-state index in [1.807, 2.05) is 13.0 Å². The lowest BCUT2D eigenvalue weighted by Crippen LogP contribution is -2.37. The molecule has 6 nitrogen and oxygen atoms in total. The van der Waals surface area contributed by atoms with Crippen molar-refractivity contribution < 1.29 is 13.9 Å². The van der Waals surface area contributed by atoms with Crippen molar-refractivity contribution in [3.05, 3.63) is 68.9 Å². The second-order valence-corrected chi connectivity index (χ2v) is 8.49. The highest BCUT2D eigenvalue weighted by atomic mass is 19.1. The molecule has 1 aliphatic heterocycles. The monoisotopic (exact) mass is 427 g/mol. The molecule has 0 radical (unpaired) electrons.